The molecule has 1 atom stereocenters. The lowest BCUT2D eigenvalue weighted by Gasteiger charge is -2.33. The van der Waals surface area contributed by atoms with Gasteiger partial charge in [0.05, 0.1) is 19.3 Å². The number of amides is 1. The Balaban J connectivity index is 2.17. The minimum absolute atomic E-state index is 0.00935. The number of nitrogens with zero attached hydrogens (tertiary/aromatic N) is 2. The van der Waals surface area contributed by atoms with Gasteiger partial charge in [-0.05, 0) is 19.1 Å². The lowest BCUT2D eigenvalue weighted by atomic mass is 10.2. The largest absolute Gasteiger partial charge is 0.384 e. The molecule has 1 aromatic rings. The van der Waals surface area contributed by atoms with E-state index in [1.54, 1.807) is 23.2 Å². The number of nitrogen functional groups attached to an aromatic ring is 1. The quantitative estimate of drug-likeness (QED) is 0.750. The third kappa shape index (κ3) is 2.14. The zero-order valence-corrected chi connectivity index (χ0v) is 9.22. The summed E-state index contributed by atoms with van der Waals surface area (Å²) in [4.78, 5) is 17.8. The fourth-order valence-corrected chi connectivity index (χ4v) is 1.78. The topological polar surface area (TPSA) is 68.5 Å². The first kappa shape index (κ1) is 10.9. The van der Waals surface area contributed by atoms with E-state index in [0.717, 1.165) is 0 Å². The second-order valence-corrected chi connectivity index (χ2v) is 3.89. The fraction of sp³-hybridized carbons (Fsp3) is 0.455. The SMILES string of the molecule is CC1COCCN1C(=O)c1ccnc(N)c1. The summed E-state index contributed by atoms with van der Waals surface area (Å²) in [6.07, 6.45) is 1.55. The van der Waals surface area contributed by atoms with Crippen molar-refractivity contribution in [1.29, 1.82) is 0 Å². The van der Waals surface area contributed by atoms with Crippen molar-refractivity contribution in [2.24, 2.45) is 0 Å². The molecule has 0 saturated carbocycles. The minimum atomic E-state index is -0.00935. The molecule has 16 heavy (non-hydrogen) atoms. The molecule has 1 fully saturated rings. The van der Waals surface area contributed by atoms with Crippen LogP contribution in [0.3, 0.4) is 0 Å². The van der Waals surface area contributed by atoms with Gasteiger partial charge in [-0.3, -0.25) is 4.79 Å². The maximum Gasteiger partial charge on any atom is 0.254 e. The van der Waals surface area contributed by atoms with Gasteiger partial charge in [-0.1, -0.05) is 0 Å². The summed E-state index contributed by atoms with van der Waals surface area (Å²) in [5.41, 5.74) is 6.14. The van der Waals surface area contributed by atoms with Crippen LogP contribution in [0.25, 0.3) is 0 Å². The zero-order valence-electron chi connectivity index (χ0n) is 9.22. The predicted octanol–water partition coefficient (Wildman–Crippen LogP) is 0.525. The van der Waals surface area contributed by atoms with E-state index < -0.39 is 0 Å². The molecule has 0 bridgehead atoms. The predicted molar refractivity (Wildman–Crippen MR) is 60.0 cm³/mol. The van der Waals surface area contributed by atoms with Crippen molar-refractivity contribution < 1.29 is 9.53 Å². The molecule has 2 rings (SSSR count). The number of rotatable bonds is 1. The summed E-state index contributed by atoms with van der Waals surface area (Å²) >= 11 is 0. The zero-order chi connectivity index (χ0) is 11.5. The van der Waals surface area contributed by atoms with Gasteiger partial charge in [0.25, 0.3) is 5.91 Å². The van der Waals surface area contributed by atoms with Crippen LogP contribution in [0, 0.1) is 0 Å². The van der Waals surface area contributed by atoms with E-state index in [1.165, 1.54) is 0 Å². The van der Waals surface area contributed by atoms with Crippen LogP contribution in [0.5, 0.6) is 0 Å². The Hall–Kier alpha value is -1.62. The molecule has 1 saturated heterocycles. The van der Waals surface area contributed by atoms with Gasteiger partial charge in [0.1, 0.15) is 5.82 Å². The molecule has 1 aliphatic heterocycles. The number of ether oxygens (including phenoxy) is 1. The highest BCUT2D eigenvalue weighted by molar-refractivity contribution is 5.95. The van der Waals surface area contributed by atoms with Crippen LogP contribution in [0.2, 0.25) is 0 Å². The Bertz CT molecular complexity index is 395. The summed E-state index contributed by atoms with van der Waals surface area (Å²) in [6, 6.07) is 3.39. The number of pyridine rings is 1. The van der Waals surface area contributed by atoms with Crippen LogP contribution in [0.15, 0.2) is 18.3 Å². The molecule has 0 aromatic carbocycles. The van der Waals surface area contributed by atoms with Gasteiger partial charge < -0.3 is 15.4 Å². The van der Waals surface area contributed by atoms with Crippen LogP contribution >= 0.6 is 0 Å². The molecule has 1 aromatic heterocycles. The van der Waals surface area contributed by atoms with Crippen LogP contribution in [-0.4, -0.2) is 41.6 Å². The number of anilines is 1. The Morgan fingerprint density at radius 1 is 1.69 bits per heavy atom. The molecular formula is C11H15N3O2. The smallest absolute Gasteiger partial charge is 0.254 e. The summed E-state index contributed by atoms with van der Waals surface area (Å²) in [5, 5.41) is 0. The van der Waals surface area contributed by atoms with Gasteiger partial charge in [0.15, 0.2) is 0 Å². The van der Waals surface area contributed by atoms with Crippen molar-refractivity contribution in [3.63, 3.8) is 0 Å². The Labute approximate surface area is 94.2 Å². The third-order valence-electron chi connectivity index (χ3n) is 2.66. The highest BCUT2D eigenvalue weighted by Gasteiger charge is 2.24. The van der Waals surface area contributed by atoms with Crippen LogP contribution < -0.4 is 5.73 Å². The second-order valence-electron chi connectivity index (χ2n) is 3.89. The highest BCUT2D eigenvalue weighted by Crippen LogP contribution is 2.13. The van der Waals surface area contributed by atoms with E-state index in [0.29, 0.717) is 31.1 Å². The first-order chi connectivity index (χ1) is 7.68. The standard InChI is InChI=1S/C11H15N3O2/c1-8-7-16-5-4-14(8)11(15)9-2-3-13-10(12)6-9/h2-3,6,8H,4-5,7H2,1H3,(H2,12,13). The Kier molecular flexibility index (Phi) is 3.05. The number of carbonyl (C=O) groups is 1. The number of carbonyl (C=O) groups excluding carboxylic acids is 1. The fourth-order valence-electron chi connectivity index (χ4n) is 1.78. The van der Waals surface area contributed by atoms with E-state index in [-0.39, 0.29) is 11.9 Å². The number of hydrogen-bond donors (Lipinski definition) is 1. The first-order valence-electron chi connectivity index (χ1n) is 5.28. The minimum Gasteiger partial charge on any atom is -0.384 e. The van der Waals surface area contributed by atoms with E-state index in [2.05, 4.69) is 4.98 Å². The summed E-state index contributed by atoms with van der Waals surface area (Å²) in [6.45, 7) is 3.78. The van der Waals surface area contributed by atoms with Crippen molar-refractivity contribution in [3.05, 3.63) is 23.9 Å². The monoisotopic (exact) mass is 221 g/mol. The lowest BCUT2D eigenvalue weighted by molar-refractivity contribution is 0.00359. The van der Waals surface area contributed by atoms with Crippen LogP contribution in [0.4, 0.5) is 5.82 Å². The Morgan fingerprint density at radius 3 is 3.19 bits per heavy atom. The van der Waals surface area contributed by atoms with Crippen molar-refractivity contribution in [3.8, 4) is 0 Å². The number of nitrogens with two attached hydrogens (primary N) is 1. The first-order valence-corrected chi connectivity index (χ1v) is 5.28. The van der Waals surface area contributed by atoms with E-state index in [4.69, 9.17) is 10.5 Å². The number of aromatic nitrogens is 1. The molecule has 1 amide bonds. The van der Waals surface area contributed by atoms with E-state index >= 15 is 0 Å². The molecule has 86 valence electrons. The Morgan fingerprint density at radius 2 is 2.50 bits per heavy atom. The third-order valence-corrected chi connectivity index (χ3v) is 2.66. The summed E-state index contributed by atoms with van der Waals surface area (Å²) < 4.78 is 5.29. The van der Waals surface area contributed by atoms with E-state index in [1.807, 2.05) is 6.92 Å². The van der Waals surface area contributed by atoms with Crippen LogP contribution in [-0.2, 0) is 4.74 Å². The molecular weight excluding hydrogens is 206 g/mol. The number of hydrogen-bond acceptors (Lipinski definition) is 4. The average Bonchev–Trinajstić information content (AvgIpc) is 2.29. The van der Waals surface area contributed by atoms with Crippen molar-refractivity contribution in [2.45, 2.75) is 13.0 Å². The van der Waals surface area contributed by atoms with Gasteiger partial charge >= 0.3 is 0 Å². The van der Waals surface area contributed by atoms with Crippen molar-refractivity contribution >= 4 is 11.7 Å². The normalized spacial score (nSPS) is 20.8. The average molecular weight is 221 g/mol. The molecule has 0 spiro atoms. The molecule has 2 N–H and O–H groups in total. The number of morpholine rings is 1. The maximum atomic E-state index is 12.1. The summed E-state index contributed by atoms with van der Waals surface area (Å²) in [5.74, 6) is 0.358. The van der Waals surface area contributed by atoms with Gasteiger partial charge in [0.2, 0.25) is 0 Å². The molecule has 1 unspecified atom stereocenters. The van der Waals surface area contributed by atoms with Gasteiger partial charge in [-0.15, -0.1) is 0 Å². The maximum absolute atomic E-state index is 12.1. The molecule has 5 heteroatoms. The molecule has 0 radical (unpaired) electrons. The highest BCUT2D eigenvalue weighted by atomic mass is 16.5. The van der Waals surface area contributed by atoms with Crippen LogP contribution in [0.1, 0.15) is 17.3 Å². The van der Waals surface area contributed by atoms with Gasteiger partial charge in [-0.2, -0.15) is 0 Å². The second kappa shape index (κ2) is 4.49. The lowest BCUT2D eigenvalue weighted by Crippen LogP contribution is -2.47. The van der Waals surface area contributed by atoms with E-state index in [9.17, 15) is 4.79 Å². The van der Waals surface area contributed by atoms with Gasteiger partial charge in [-0.25, -0.2) is 4.98 Å². The molecule has 1 aliphatic rings. The van der Waals surface area contributed by atoms with Crippen molar-refractivity contribution in [1.82, 2.24) is 9.88 Å². The molecule has 0 aliphatic carbocycles. The molecule has 5 nitrogen and oxygen atoms in total. The summed E-state index contributed by atoms with van der Waals surface area (Å²) in [7, 11) is 0. The van der Waals surface area contributed by atoms with Crippen molar-refractivity contribution in [2.75, 3.05) is 25.5 Å². The molecule has 2 heterocycles. The van der Waals surface area contributed by atoms with Gasteiger partial charge in [0, 0.05) is 18.3 Å².